The number of nitrogens with one attached hydrogen (secondary N) is 1. The number of rotatable bonds is 4. The number of hydrogen-bond donors (Lipinski definition) is 1. The van der Waals surface area contributed by atoms with Gasteiger partial charge in [0.05, 0.1) is 0 Å². The van der Waals surface area contributed by atoms with Gasteiger partial charge in [-0.2, -0.15) is 0 Å². The van der Waals surface area contributed by atoms with Gasteiger partial charge in [0.2, 0.25) is 0 Å². The maximum Gasteiger partial charge on any atom is 0.0480 e. The van der Waals surface area contributed by atoms with Crippen molar-refractivity contribution in [1.29, 1.82) is 0 Å². The van der Waals surface area contributed by atoms with E-state index in [0.29, 0.717) is 0 Å². The third-order valence-corrected chi connectivity index (χ3v) is 2.91. The van der Waals surface area contributed by atoms with Crippen LogP contribution >= 0.6 is 0 Å². The molecule has 0 aliphatic heterocycles. The van der Waals surface area contributed by atoms with Gasteiger partial charge in [-0.05, 0) is 51.3 Å². The van der Waals surface area contributed by atoms with E-state index in [-0.39, 0.29) is 5.54 Å². The molecule has 0 saturated carbocycles. The SMILES string of the molecule is CC(C)(C)NCCCn1ccc2ccccc21. The lowest BCUT2D eigenvalue weighted by Gasteiger charge is -2.20. The maximum atomic E-state index is 3.52. The molecule has 2 heteroatoms. The van der Waals surface area contributed by atoms with Crippen LogP contribution in [-0.2, 0) is 6.54 Å². The van der Waals surface area contributed by atoms with E-state index in [1.54, 1.807) is 0 Å². The van der Waals surface area contributed by atoms with Crippen molar-refractivity contribution >= 4 is 10.9 Å². The summed E-state index contributed by atoms with van der Waals surface area (Å²) in [6.45, 7) is 8.76. The quantitative estimate of drug-likeness (QED) is 0.796. The Labute approximate surface area is 104 Å². The van der Waals surface area contributed by atoms with Crippen LogP contribution in [0.4, 0.5) is 0 Å². The van der Waals surface area contributed by atoms with E-state index in [1.165, 1.54) is 10.9 Å². The molecule has 1 heterocycles. The fourth-order valence-corrected chi connectivity index (χ4v) is 2.05. The first-order valence-electron chi connectivity index (χ1n) is 6.35. The van der Waals surface area contributed by atoms with E-state index in [1.807, 2.05) is 0 Å². The van der Waals surface area contributed by atoms with E-state index in [9.17, 15) is 0 Å². The second kappa shape index (κ2) is 4.92. The smallest absolute Gasteiger partial charge is 0.0480 e. The van der Waals surface area contributed by atoms with Gasteiger partial charge in [-0.25, -0.2) is 0 Å². The predicted molar refractivity (Wildman–Crippen MR) is 74.3 cm³/mol. The van der Waals surface area contributed by atoms with Crippen molar-refractivity contribution in [1.82, 2.24) is 9.88 Å². The molecule has 2 rings (SSSR count). The van der Waals surface area contributed by atoms with Gasteiger partial charge < -0.3 is 9.88 Å². The van der Waals surface area contributed by atoms with Crippen LogP contribution < -0.4 is 5.32 Å². The summed E-state index contributed by atoms with van der Waals surface area (Å²) in [5.74, 6) is 0. The van der Waals surface area contributed by atoms with Crippen LogP contribution in [0.3, 0.4) is 0 Å². The van der Waals surface area contributed by atoms with Gasteiger partial charge in [0, 0.05) is 23.8 Å². The number of fused-ring (bicyclic) bond motifs is 1. The fourth-order valence-electron chi connectivity index (χ4n) is 2.05. The summed E-state index contributed by atoms with van der Waals surface area (Å²) in [7, 11) is 0. The summed E-state index contributed by atoms with van der Waals surface area (Å²) in [4.78, 5) is 0. The molecule has 0 radical (unpaired) electrons. The number of aryl methyl sites for hydroxylation is 1. The summed E-state index contributed by atoms with van der Waals surface area (Å²) < 4.78 is 2.33. The molecule has 0 atom stereocenters. The average molecular weight is 230 g/mol. The first-order valence-corrected chi connectivity index (χ1v) is 6.35. The first-order chi connectivity index (χ1) is 8.06. The van der Waals surface area contributed by atoms with Gasteiger partial charge in [-0.3, -0.25) is 0 Å². The van der Waals surface area contributed by atoms with Crippen LogP contribution in [0.1, 0.15) is 27.2 Å². The molecule has 0 amide bonds. The lowest BCUT2D eigenvalue weighted by molar-refractivity contribution is 0.414. The molecule has 1 aromatic carbocycles. The number of hydrogen-bond acceptors (Lipinski definition) is 1. The van der Waals surface area contributed by atoms with Gasteiger partial charge in [-0.15, -0.1) is 0 Å². The molecule has 0 bridgehead atoms. The number of para-hydroxylation sites is 1. The maximum absolute atomic E-state index is 3.52. The molecule has 92 valence electrons. The highest BCUT2D eigenvalue weighted by Gasteiger charge is 2.07. The molecule has 0 aliphatic rings. The lowest BCUT2D eigenvalue weighted by Crippen LogP contribution is -2.36. The average Bonchev–Trinajstić information content (AvgIpc) is 2.67. The van der Waals surface area contributed by atoms with Crippen molar-refractivity contribution in [2.75, 3.05) is 6.54 Å². The summed E-state index contributed by atoms with van der Waals surface area (Å²) >= 11 is 0. The summed E-state index contributed by atoms with van der Waals surface area (Å²) in [5, 5.41) is 4.85. The largest absolute Gasteiger partial charge is 0.347 e. The normalized spacial score (nSPS) is 12.2. The second-order valence-electron chi connectivity index (χ2n) is 5.60. The van der Waals surface area contributed by atoms with E-state index in [0.717, 1.165) is 19.5 Å². The molecule has 0 spiro atoms. The van der Waals surface area contributed by atoms with Crippen molar-refractivity contribution in [3.63, 3.8) is 0 Å². The van der Waals surface area contributed by atoms with E-state index in [2.05, 4.69) is 67.2 Å². The molecular weight excluding hydrogens is 208 g/mol. The van der Waals surface area contributed by atoms with Crippen molar-refractivity contribution in [2.24, 2.45) is 0 Å². The Morgan fingerprint density at radius 2 is 1.88 bits per heavy atom. The van der Waals surface area contributed by atoms with Crippen molar-refractivity contribution in [2.45, 2.75) is 39.3 Å². The lowest BCUT2D eigenvalue weighted by atomic mass is 10.1. The first kappa shape index (κ1) is 12.2. The van der Waals surface area contributed by atoms with Crippen LogP contribution in [0, 0.1) is 0 Å². The molecular formula is C15H22N2. The van der Waals surface area contributed by atoms with E-state index < -0.39 is 0 Å². The van der Waals surface area contributed by atoms with Crippen molar-refractivity contribution < 1.29 is 0 Å². The molecule has 0 aliphatic carbocycles. The van der Waals surface area contributed by atoms with E-state index >= 15 is 0 Å². The van der Waals surface area contributed by atoms with Crippen LogP contribution in [-0.4, -0.2) is 16.7 Å². The third kappa shape index (κ3) is 3.34. The van der Waals surface area contributed by atoms with Gasteiger partial charge in [0.1, 0.15) is 0 Å². The Balaban J connectivity index is 1.91. The minimum Gasteiger partial charge on any atom is -0.347 e. The van der Waals surface area contributed by atoms with E-state index in [4.69, 9.17) is 0 Å². The predicted octanol–water partition coefficient (Wildman–Crippen LogP) is 3.42. The van der Waals surface area contributed by atoms with Crippen LogP contribution in [0.15, 0.2) is 36.5 Å². The summed E-state index contributed by atoms with van der Waals surface area (Å²) in [5.41, 5.74) is 1.56. The monoisotopic (exact) mass is 230 g/mol. The Morgan fingerprint density at radius 3 is 2.65 bits per heavy atom. The zero-order valence-corrected chi connectivity index (χ0v) is 11.0. The van der Waals surface area contributed by atoms with Crippen LogP contribution in [0.2, 0.25) is 0 Å². The fraction of sp³-hybridized carbons (Fsp3) is 0.467. The Morgan fingerprint density at radius 1 is 1.12 bits per heavy atom. The number of nitrogens with zero attached hydrogens (tertiary/aromatic N) is 1. The Kier molecular flexibility index (Phi) is 3.53. The van der Waals surface area contributed by atoms with Crippen LogP contribution in [0.5, 0.6) is 0 Å². The molecule has 2 aromatic rings. The van der Waals surface area contributed by atoms with Gasteiger partial charge in [0.15, 0.2) is 0 Å². The van der Waals surface area contributed by atoms with Crippen molar-refractivity contribution in [3.8, 4) is 0 Å². The Hall–Kier alpha value is -1.28. The van der Waals surface area contributed by atoms with Gasteiger partial charge >= 0.3 is 0 Å². The number of aromatic nitrogens is 1. The summed E-state index contributed by atoms with van der Waals surface area (Å²) in [6, 6.07) is 10.7. The minimum atomic E-state index is 0.221. The highest BCUT2D eigenvalue weighted by atomic mass is 15.0. The number of benzene rings is 1. The topological polar surface area (TPSA) is 17.0 Å². The van der Waals surface area contributed by atoms with Crippen LogP contribution in [0.25, 0.3) is 10.9 Å². The molecule has 0 unspecified atom stereocenters. The Bertz CT molecular complexity index is 477. The molecule has 0 saturated heterocycles. The standard InChI is InChI=1S/C15H22N2/c1-15(2,3)16-10-6-11-17-12-9-13-7-4-5-8-14(13)17/h4-5,7-9,12,16H,6,10-11H2,1-3H3. The minimum absolute atomic E-state index is 0.221. The summed E-state index contributed by atoms with van der Waals surface area (Å²) in [6.07, 6.45) is 3.34. The molecule has 2 nitrogen and oxygen atoms in total. The molecule has 1 aromatic heterocycles. The van der Waals surface area contributed by atoms with Crippen molar-refractivity contribution in [3.05, 3.63) is 36.5 Å². The zero-order chi connectivity index (χ0) is 12.3. The van der Waals surface area contributed by atoms with Gasteiger partial charge in [-0.1, -0.05) is 18.2 Å². The molecule has 17 heavy (non-hydrogen) atoms. The molecule has 0 fully saturated rings. The third-order valence-electron chi connectivity index (χ3n) is 2.91. The highest BCUT2D eigenvalue weighted by Crippen LogP contribution is 2.15. The second-order valence-corrected chi connectivity index (χ2v) is 5.60. The molecule has 1 N–H and O–H groups in total. The highest BCUT2D eigenvalue weighted by molar-refractivity contribution is 5.79. The van der Waals surface area contributed by atoms with Gasteiger partial charge in [0.25, 0.3) is 0 Å². The zero-order valence-electron chi connectivity index (χ0n) is 11.0.